The van der Waals surface area contributed by atoms with Crippen LogP contribution in [0.3, 0.4) is 0 Å². The number of nitrogens with zero attached hydrogens (tertiary/aromatic N) is 8. The average molecular weight is 2820 g/mol. The molecule has 4 radical (unpaired) electrons. The van der Waals surface area contributed by atoms with E-state index in [-0.39, 0.29) is 147 Å². The van der Waals surface area contributed by atoms with Gasteiger partial charge in [-0.2, -0.15) is 0 Å². The monoisotopic (exact) mass is 2820 g/mol. The van der Waals surface area contributed by atoms with E-state index < -0.39 is 0 Å². The number of hydrogen-bond acceptors (Lipinski definition) is 14. The molecule has 8 heterocycles. The molecule has 8 bridgehead atoms. The fraction of sp³-hybridized carbons (Fsp3) is 0.190. The van der Waals surface area contributed by atoms with Gasteiger partial charge < -0.3 is 30.3 Å². The molecule has 20 rings (SSSR count). The van der Waals surface area contributed by atoms with Gasteiger partial charge in [0.2, 0.25) is 0 Å². The Hall–Kier alpha value is -13.0. The Morgan fingerprint density at radius 2 is 0.774 bits per heavy atom. The van der Waals surface area contributed by atoms with Gasteiger partial charge >= 0.3 is 21.1 Å². The van der Waals surface area contributed by atoms with E-state index in [4.69, 9.17) is 45.2 Å². The fourth-order valence-corrected chi connectivity index (χ4v) is 18.0. The minimum atomic E-state index is -0.327. The summed E-state index contributed by atoms with van der Waals surface area (Å²) in [7, 11) is 0. The van der Waals surface area contributed by atoms with E-state index in [9.17, 15) is 19.2 Å². The van der Waals surface area contributed by atoms with Crippen LogP contribution < -0.4 is 4.98 Å². The molecule has 146 heavy (non-hydrogen) atoms. The van der Waals surface area contributed by atoms with Gasteiger partial charge in [-0.3, -0.25) is 44.1 Å². The summed E-state index contributed by atoms with van der Waals surface area (Å²) in [5.41, 5.74) is 32.7. The van der Waals surface area contributed by atoms with Gasteiger partial charge in [-0.25, -0.2) is 0 Å². The maximum atomic E-state index is 11.0. The van der Waals surface area contributed by atoms with Gasteiger partial charge in [0.25, 0.3) is 0 Å². The van der Waals surface area contributed by atoms with Crippen molar-refractivity contribution in [1.82, 2.24) is 39.9 Å². The zero-order valence-corrected chi connectivity index (χ0v) is 96.0. The van der Waals surface area contributed by atoms with Crippen LogP contribution in [0.4, 0.5) is 0 Å². The van der Waals surface area contributed by atoms with Crippen LogP contribution in [0.15, 0.2) is 351 Å². The second kappa shape index (κ2) is 59.0. The van der Waals surface area contributed by atoms with Crippen LogP contribution >= 0.6 is 0 Å². The number of pyridine rings is 3. The molecular formula is C126H118Ir4N8O7Pt-4. The van der Waals surface area contributed by atoms with Crippen LogP contribution in [0.2, 0.25) is 0 Å². The van der Waals surface area contributed by atoms with Crippen molar-refractivity contribution in [2.24, 2.45) is 0 Å². The Morgan fingerprint density at radius 3 is 1.22 bits per heavy atom. The molecule has 0 saturated carbocycles. The first-order valence-electron chi connectivity index (χ1n) is 48.4. The SMILES string of the molecule is CC(=O)C1=C(O)CCCC1=O.CC(=O)C=C(C)O.CC(=O)C=C(C)O.CCC1=C(CC)c2cc3[n-]c(cc4nc(cc5[cH-]c(cc1n2)c(CC)c5CC)C(CC)=C4CC)c(CC)c3CC.[Ir].[Ir].[Ir].[Ir].[Pt+2].[c-]1ccc(-c2ccccc2)cc1-c1ccccn1.[c-]1ccccc1-c1nc2ccccc2c2ccccc12.[c-]1ccccc1-c1nc2ccccc2nc1-c1ccccc1.[c-]1ccccc1-c1nccc2ccccc12. The van der Waals surface area contributed by atoms with Crippen molar-refractivity contribution in [1.29, 1.82) is 0 Å². The van der Waals surface area contributed by atoms with Gasteiger partial charge in [-0.15, -0.1) is 182 Å². The summed E-state index contributed by atoms with van der Waals surface area (Å²) < 4.78 is 0. The molecule has 0 atom stereocenters. The van der Waals surface area contributed by atoms with Gasteiger partial charge in [0.15, 0.2) is 23.1 Å². The summed E-state index contributed by atoms with van der Waals surface area (Å²) in [5, 5.41) is 34.5. The largest absolute Gasteiger partial charge is 2.00 e. The number of aromatic nitrogens is 8. The number of allylic oxidation sites excluding steroid dienone is 10. The Bertz CT molecular complexity index is 7250. The topological polar surface area (TPSA) is 233 Å². The molecule has 3 N–H and O–H groups in total. The van der Waals surface area contributed by atoms with Crippen LogP contribution in [0.25, 0.3) is 155 Å². The predicted octanol–water partition coefficient (Wildman–Crippen LogP) is 30.8. The van der Waals surface area contributed by atoms with E-state index in [2.05, 4.69) is 217 Å². The molecule has 0 fully saturated rings. The molecule has 0 saturated heterocycles. The molecule has 3 aliphatic rings. The van der Waals surface area contributed by atoms with Crippen molar-refractivity contribution in [3.05, 3.63) is 420 Å². The third-order valence-corrected chi connectivity index (χ3v) is 24.2. The van der Waals surface area contributed by atoms with Crippen LogP contribution in [0.1, 0.15) is 180 Å². The van der Waals surface area contributed by atoms with Gasteiger partial charge in [-0.05, 0) is 182 Å². The zero-order valence-electron chi connectivity index (χ0n) is 84.2. The zero-order chi connectivity index (χ0) is 99.9. The van der Waals surface area contributed by atoms with E-state index >= 15 is 0 Å². The molecule has 0 amide bonds. The number of fused-ring (bicyclic) bond motifs is 13. The van der Waals surface area contributed by atoms with Crippen LogP contribution in [-0.2, 0) is 146 Å². The molecule has 1 aliphatic carbocycles. The minimum absolute atomic E-state index is 0. The molecule has 11 aromatic carbocycles. The molecule has 6 aromatic heterocycles. The third kappa shape index (κ3) is 30.6. The first-order valence-corrected chi connectivity index (χ1v) is 48.4. The van der Waals surface area contributed by atoms with Crippen LogP contribution in [0.5, 0.6) is 0 Å². The smallest absolute Gasteiger partial charge is 0.657 e. The first kappa shape index (κ1) is 118. The molecule has 15 nitrogen and oxygen atoms in total. The second-order valence-electron chi connectivity index (χ2n) is 34.0. The van der Waals surface area contributed by atoms with Crippen molar-refractivity contribution in [2.75, 3.05) is 0 Å². The summed E-state index contributed by atoms with van der Waals surface area (Å²) in [4.78, 5) is 81.0. The number of hydrogen-bond donors (Lipinski definition) is 3. The minimum Gasteiger partial charge on any atom is -0.657 e. The Kier molecular flexibility index (Phi) is 47.8. The molecule has 754 valence electrons. The number of ketones is 4. The quantitative estimate of drug-likeness (QED) is 0.0253. The van der Waals surface area contributed by atoms with E-state index in [0.29, 0.717) is 19.3 Å². The molecule has 17 aromatic rings. The maximum Gasteiger partial charge on any atom is 2.00 e. The van der Waals surface area contributed by atoms with Crippen molar-refractivity contribution < 1.29 is 136 Å². The van der Waals surface area contributed by atoms with Gasteiger partial charge in [0.1, 0.15) is 5.76 Å². The maximum absolute atomic E-state index is 11.0. The second-order valence-corrected chi connectivity index (χ2v) is 34.0. The molecule has 20 heteroatoms. The summed E-state index contributed by atoms with van der Waals surface area (Å²) >= 11 is 0. The summed E-state index contributed by atoms with van der Waals surface area (Å²) in [6, 6.07) is 116. The number of Topliss-reactive ketones (excluding diaryl/α,β-unsaturated/α-hetero) is 2. The number of carbonyl (C=O) groups excluding carboxylic acids is 4. The number of aliphatic hydroxyl groups is 3. The Balaban J connectivity index is 0.000000215. The molecule has 2 aliphatic heterocycles. The van der Waals surface area contributed by atoms with Crippen molar-refractivity contribution in [2.45, 2.75) is 161 Å². The number of benzene rings is 10. The van der Waals surface area contributed by atoms with Crippen molar-refractivity contribution in [3.8, 4) is 67.4 Å². The summed E-state index contributed by atoms with van der Waals surface area (Å²) in [6.07, 6.45) is 15.3. The first-order chi connectivity index (χ1) is 68.6. The van der Waals surface area contributed by atoms with Gasteiger partial charge in [0, 0.05) is 140 Å². The van der Waals surface area contributed by atoms with E-state index in [0.717, 1.165) is 158 Å². The number of carbonyl (C=O) groups is 4. The summed E-state index contributed by atoms with van der Waals surface area (Å²) in [5.74, 6) is -0.706. The van der Waals surface area contributed by atoms with E-state index in [1.54, 1.807) is 6.20 Å². The average Bonchev–Trinajstić information content (AvgIpc) is 1.69. The van der Waals surface area contributed by atoms with Crippen molar-refractivity contribution >= 4 is 111 Å². The van der Waals surface area contributed by atoms with E-state index in [1.165, 1.54) is 140 Å². The fourth-order valence-electron chi connectivity index (χ4n) is 18.0. The predicted molar refractivity (Wildman–Crippen MR) is 580 cm³/mol. The number of rotatable bonds is 17. The number of para-hydroxylation sites is 3. The Labute approximate surface area is 926 Å². The van der Waals surface area contributed by atoms with Gasteiger partial charge in [-0.1, -0.05) is 255 Å². The third-order valence-electron chi connectivity index (χ3n) is 24.2. The standard InChI is InChI=1S/C37H45N3.C20H13N2.C19H12N.C17H12N.C15H10N.C8H10O3.2C5H8O2.4Ir.Pt/c1-9-24-22-17-23(25(24)10-2)19-33-27(12-4)29(14-6)35(39-33)21-37-31(16-8)30(15-7)36(40-37)20-34-28(13-5)26(11-3)32(18-22)38-34;1-3-9-15(10-4-1)19-20(16-11-5-2-6-12-16)22-18-14-8-7-13-17(18)21-19;1-2-8-14(9-3-1)19-17-12-5-4-10-15(17)16-11-6-7-13-18(16)20-19;1-2-7-14(8-3-1)15-9-6-10-16(13-15)17-11-4-5-12-18-17;1-2-7-13(8-3-1)15-14-9-5-4-6-12(14)10-11-16-15;1-5(9)8-6(10)3-2-4-7(8)11;2*1-4(6)3-5(2)7;;;;;/h17-21H,9-16H2,1-8H3;1-11,13-14H;1-8,10-13H;1-9,11-13H;1-7,9-11H;10H,2-4H2,1H3;2*3,6H,1-2H3;;;;;/q-2;4*-1;;;;;;;;+2. The number of aryl methyl sites for hydroxylation is 4. The molecule has 0 unspecified atom stereocenters. The number of aliphatic hydroxyl groups excluding tert-OH is 3. The van der Waals surface area contributed by atoms with Crippen LogP contribution in [0, 0.1) is 24.3 Å². The normalized spacial score (nSPS) is 11.8. The Morgan fingerprint density at radius 1 is 0.356 bits per heavy atom. The van der Waals surface area contributed by atoms with Crippen LogP contribution in [-0.4, -0.2) is 73.3 Å². The molecule has 0 spiro atoms. The van der Waals surface area contributed by atoms with Gasteiger partial charge in [0.05, 0.1) is 50.7 Å². The van der Waals surface area contributed by atoms with E-state index in [1.807, 2.05) is 182 Å². The molecular weight excluding hydrogens is 2700 g/mol. The summed E-state index contributed by atoms with van der Waals surface area (Å²) in [6.45, 7) is 25.1. The van der Waals surface area contributed by atoms with Crippen molar-refractivity contribution in [3.63, 3.8) is 0 Å².